The van der Waals surface area contributed by atoms with Crippen molar-refractivity contribution in [3.05, 3.63) is 0 Å². The molecular weight excluding hydrogens is 598 g/mol. The fourth-order valence-corrected chi connectivity index (χ4v) is 6.51. The van der Waals surface area contributed by atoms with E-state index in [1.54, 1.807) is 0 Å². The van der Waals surface area contributed by atoms with Crippen LogP contribution in [0.3, 0.4) is 0 Å². The molecule has 18 nitrogen and oxygen atoms in total. The Morgan fingerprint density at radius 1 is 0.956 bits per heavy atom. The Hall–Kier alpha value is -1.17. The molecule has 0 spiro atoms. The largest absolute Gasteiger partial charge is 0.394 e. The highest BCUT2D eigenvalue weighted by molar-refractivity contribution is 5.86. The minimum atomic E-state index is -1.71. The maximum Gasteiger partial charge on any atom is 0.252 e. The third-order valence-corrected chi connectivity index (χ3v) is 9.31. The van der Waals surface area contributed by atoms with Crippen LogP contribution in [-0.4, -0.2) is 160 Å². The molecule has 0 aromatic carbocycles. The predicted octanol–water partition coefficient (Wildman–Crippen LogP) is -6.92. The molecule has 262 valence electrons. The summed E-state index contributed by atoms with van der Waals surface area (Å²) in [5.74, 6) is -0.728. The van der Waals surface area contributed by atoms with E-state index < -0.39 is 97.6 Å². The van der Waals surface area contributed by atoms with Crippen LogP contribution in [0.2, 0.25) is 0 Å². The van der Waals surface area contributed by atoms with Crippen molar-refractivity contribution < 1.29 is 54.4 Å². The highest BCUT2D eigenvalue weighted by Crippen LogP contribution is 2.34. The number of rotatable bonds is 13. The molecule has 1 amide bonds. The normalized spacial score (nSPS) is 46.3. The second-order valence-electron chi connectivity index (χ2n) is 12.8. The fourth-order valence-electron chi connectivity index (χ4n) is 6.51. The van der Waals surface area contributed by atoms with E-state index in [0.717, 1.165) is 0 Å². The summed E-state index contributed by atoms with van der Waals surface area (Å²) in [5, 5.41) is 69.3. The molecule has 18 heteroatoms. The number of hydrogen-bond donors (Lipinski definition) is 13. The van der Waals surface area contributed by atoms with E-state index in [2.05, 4.69) is 10.6 Å². The standard InChI is InChI=1S/C27H53N7O11/c28-4-3-12(36)9-33-15-2-1-13(8-29)42-24(15)44-22-14(31)5-16(34-26(40)27(41)6-11(30)7-27)23(21(22)39)45-25-20(38)18(32)19(37)17(10-35)43-25/h11-25,33,35-39,41H,1-10,28-32H2,(H,34,40)/t11?,12?,13-,14-,15+,16+,17+,18-,19+,20+,21-,22?,23-,24+,25+,27?/m0/s1. The Labute approximate surface area is 261 Å². The summed E-state index contributed by atoms with van der Waals surface area (Å²) in [6, 6.07) is -3.88. The maximum absolute atomic E-state index is 13.1. The minimum absolute atomic E-state index is 0.00152. The molecule has 2 unspecified atom stereocenters. The lowest BCUT2D eigenvalue weighted by atomic mass is 9.75. The second kappa shape index (κ2) is 15.8. The van der Waals surface area contributed by atoms with Gasteiger partial charge >= 0.3 is 0 Å². The molecule has 18 N–H and O–H groups in total. The lowest BCUT2D eigenvalue weighted by Crippen LogP contribution is -2.70. The molecule has 0 bridgehead atoms. The zero-order chi connectivity index (χ0) is 33.1. The van der Waals surface area contributed by atoms with E-state index in [4.69, 9.17) is 47.6 Å². The highest BCUT2D eigenvalue weighted by Gasteiger charge is 2.53. The smallest absolute Gasteiger partial charge is 0.252 e. The van der Waals surface area contributed by atoms with Crippen LogP contribution in [0.1, 0.15) is 38.5 Å². The van der Waals surface area contributed by atoms with Crippen molar-refractivity contribution >= 4 is 5.91 Å². The van der Waals surface area contributed by atoms with Crippen LogP contribution in [-0.2, 0) is 23.7 Å². The zero-order valence-electron chi connectivity index (χ0n) is 25.3. The van der Waals surface area contributed by atoms with Gasteiger partial charge in [0.15, 0.2) is 12.6 Å². The third kappa shape index (κ3) is 8.47. The van der Waals surface area contributed by atoms with Gasteiger partial charge in [-0.05, 0) is 32.2 Å². The Morgan fingerprint density at radius 3 is 2.27 bits per heavy atom. The van der Waals surface area contributed by atoms with Crippen molar-refractivity contribution in [2.45, 2.75) is 136 Å². The average molecular weight is 652 g/mol. The first-order chi connectivity index (χ1) is 21.3. The number of hydrogen-bond acceptors (Lipinski definition) is 17. The first-order valence-electron chi connectivity index (χ1n) is 15.7. The van der Waals surface area contributed by atoms with Crippen molar-refractivity contribution in [2.24, 2.45) is 28.7 Å². The molecule has 4 aliphatic rings. The molecule has 45 heavy (non-hydrogen) atoms. The van der Waals surface area contributed by atoms with Gasteiger partial charge in [0.25, 0.3) is 5.91 Å². The molecule has 2 saturated heterocycles. The number of aliphatic hydroxyl groups is 6. The molecule has 4 fully saturated rings. The van der Waals surface area contributed by atoms with E-state index in [1.807, 2.05) is 0 Å². The summed E-state index contributed by atoms with van der Waals surface area (Å²) >= 11 is 0. The molecule has 0 aromatic heterocycles. The first kappa shape index (κ1) is 36.7. The van der Waals surface area contributed by atoms with Crippen LogP contribution in [0.5, 0.6) is 0 Å². The fraction of sp³-hybridized carbons (Fsp3) is 0.963. The Bertz CT molecular complexity index is 951. The van der Waals surface area contributed by atoms with Gasteiger partial charge in [0.2, 0.25) is 0 Å². The van der Waals surface area contributed by atoms with Crippen LogP contribution in [0.4, 0.5) is 0 Å². The summed E-state index contributed by atoms with van der Waals surface area (Å²) in [7, 11) is 0. The highest BCUT2D eigenvalue weighted by atomic mass is 16.7. The number of ether oxygens (including phenoxy) is 4. The molecule has 4 rings (SSSR count). The van der Waals surface area contributed by atoms with Crippen LogP contribution in [0.25, 0.3) is 0 Å². The van der Waals surface area contributed by atoms with Gasteiger partial charge in [-0.15, -0.1) is 0 Å². The van der Waals surface area contributed by atoms with Crippen LogP contribution in [0.15, 0.2) is 0 Å². The van der Waals surface area contributed by atoms with Crippen molar-refractivity contribution in [2.75, 3.05) is 26.2 Å². The van der Waals surface area contributed by atoms with Crippen molar-refractivity contribution in [3.63, 3.8) is 0 Å². The summed E-state index contributed by atoms with van der Waals surface area (Å²) in [6.45, 7) is 0.130. The maximum atomic E-state index is 13.1. The number of carbonyl (C=O) groups is 1. The van der Waals surface area contributed by atoms with E-state index in [0.29, 0.717) is 25.8 Å². The molecular formula is C27H53N7O11. The van der Waals surface area contributed by atoms with Gasteiger partial charge in [-0.2, -0.15) is 0 Å². The average Bonchev–Trinajstić information content (AvgIpc) is 2.99. The molecule has 2 saturated carbocycles. The lowest BCUT2D eigenvalue weighted by Gasteiger charge is -2.49. The zero-order valence-corrected chi connectivity index (χ0v) is 25.3. The SMILES string of the molecule is NCCC(O)CN[C@@H]1CC[C@@H](CN)O[C@@H]1OC1[C@@H](N)C[C@@H](NC(=O)C2(O)CC(N)C2)[C@H](O[C@H]2O[C@H](CO)[C@@H](O)[C@H](N)[C@H]2O)[C@H]1O. The van der Waals surface area contributed by atoms with Gasteiger partial charge < -0.3 is 88.9 Å². The summed E-state index contributed by atoms with van der Waals surface area (Å²) in [6.07, 6.45) is -9.97. The molecule has 14 atom stereocenters. The van der Waals surface area contributed by atoms with Crippen molar-refractivity contribution in [3.8, 4) is 0 Å². The van der Waals surface area contributed by atoms with E-state index >= 15 is 0 Å². The van der Waals surface area contributed by atoms with E-state index in [9.17, 15) is 35.4 Å². The molecule has 2 heterocycles. The molecule has 2 aliphatic heterocycles. The van der Waals surface area contributed by atoms with Gasteiger partial charge in [-0.25, -0.2) is 0 Å². The number of amides is 1. The second-order valence-corrected chi connectivity index (χ2v) is 12.8. The number of nitrogens with one attached hydrogen (secondary N) is 2. The Balaban J connectivity index is 1.54. The molecule has 0 aromatic rings. The summed E-state index contributed by atoms with van der Waals surface area (Å²) in [4.78, 5) is 13.1. The third-order valence-electron chi connectivity index (χ3n) is 9.31. The summed E-state index contributed by atoms with van der Waals surface area (Å²) < 4.78 is 24.0. The summed E-state index contributed by atoms with van der Waals surface area (Å²) in [5.41, 5.74) is 28.0. The minimum Gasteiger partial charge on any atom is -0.394 e. The number of aliphatic hydroxyl groups excluding tert-OH is 5. The number of carbonyl (C=O) groups excluding carboxylic acids is 1. The van der Waals surface area contributed by atoms with Crippen LogP contribution in [0, 0.1) is 0 Å². The van der Waals surface area contributed by atoms with Crippen molar-refractivity contribution in [1.82, 2.24) is 10.6 Å². The monoisotopic (exact) mass is 651 g/mol. The van der Waals surface area contributed by atoms with Crippen LogP contribution < -0.4 is 39.3 Å². The Kier molecular flexibility index (Phi) is 12.9. The molecule has 0 radical (unpaired) electrons. The predicted molar refractivity (Wildman–Crippen MR) is 157 cm³/mol. The van der Waals surface area contributed by atoms with E-state index in [1.165, 1.54) is 0 Å². The molecule has 2 aliphatic carbocycles. The van der Waals surface area contributed by atoms with Crippen molar-refractivity contribution in [1.29, 1.82) is 0 Å². The Morgan fingerprint density at radius 2 is 1.64 bits per heavy atom. The van der Waals surface area contributed by atoms with Gasteiger partial charge in [-0.3, -0.25) is 4.79 Å². The van der Waals surface area contributed by atoms with E-state index in [-0.39, 0.29) is 44.5 Å². The first-order valence-corrected chi connectivity index (χ1v) is 15.7. The van der Waals surface area contributed by atoms with Gasteiger partial charge in [0.05, 0.1) is 36.9 Å². The van der Waals surface area contributed by atoms with Gasteiger partial charge in [0, 0.05) is 38.0 Å². The van der Waals surface area contributed by atoms with Gasteiger partial charge in [-0.1, -0.05) is 0 Å². The topological polar surface area (TPSA) is 330 Å². The quantitative estimate of drug-likeness (QED) is 0.0879. The lowest BCUT2D eigenvalue weighted by molar-refractivity contribution is -0.314. The van der Waals surface area contributed by atoms with Crippen LogP contribution >= 0.6 is 0 Å². The van der Waals surface area contributed by atoms with Gasteiger partial charge in [0.1, 0.15) is 42.2 Å². The number of nitrogens with two attached hydrogens (primary N) is 5.